The Labute approximate surface area is 112 Å². The van der Waals surface area contributed by atoms with Gasteiger partial charge in [0.05, 0.1) is 6.07 Å². The average Bonchev–Trinajstić information content (AvgIpc) is 2.75. The van der Waals surface area contributed by atoms with Crippen LogP contribution in [0.2, 0.25) is 0 Å². The van der Waals surface area contributed by atoms with Crippen LogP contribution in [0.4, 0.5) is 0 Å². The molecule has 0 aromatic rings. The highest BCUT2D eigenvalue weighted by molar-refractivity contribution is 6.02. The van der Waals surface area contributed by atoms with Crippen molar-refractivity contribution in [2.75, 3.05) is 6.54 Å². The average molecular weight is 268 g/mol. The van der Waals surface area contributed by atoms with E-state index in [1.807, 2.05) is 6.07 Å². The number of amides is 1. The molecule has 1 amide bonds. The van der Waals surface area contributed by atoms with Gasteiger partial charge in [-0.3, -0.25) is 10.6 Å². The molecule has 19 heavy (non-hydrogen) atoms. The van der Waals surface area contributed by atoms with Gasteiger partial charge < -0.3 is 9.64 Å². The number of likely N-dealkylation sites (tertiary alicyclic amines) is 1. The van der Waals surface area contributed by atoms with Crippen LogP contribution in [0, 0.1) is 11.3 Å². The number of ether oxygens (including phenoxy) is 1. The van der Waals surface area contributed by atoms with E-state index in [0.29, 0.717) is 13.0 Å². The van der Waals surface area contributed by atoms with Crippen molar-refractivity contribution in [3.8, 4) is 6.07 Å². The van der Waals surface area contributed by atoms with Crippen molar-refractivity contribution < 1.29 is 14.3 Å². The highest BCUT2D eigenvalue weighted by Gasteiger charge is 2.38. The lowest BCUT2D eigenvalue weighted by Gasteiger charge is -2.27. The van der Waals surface area contributed by atoms with E-state index in [1.165, 1.54) is 4.90 Å². The molecule has 2 unspecified atom stereocenters. The van der Waals surface area contributed by atoms with E-state index in [0.717, 1.165) is 6.42 Å². The predicted octanol–water partition coefficient (Wildman–Crippen LogP) is -0.325. The molecule has 106 valence electrons. The molecule has 0 radical (unpaired) electrons. The predicted molar refractivity (Wildman–Crippen MR) is 67.3 cm³/mol. The first-order valence-electron chi connectivity index (χ1n) is 6.19. The Morgan fingerprint density at radius 3 is 2.63 bits per heavy atom. The summed E-state index contributed by atoms with van der Waals surface area (Å²) < 4.78 is 5.13. The smallest absolute Gasteiger partial charge is 0.334 e. The third kappa shape index (κ3) is 3.91. The number of rotatable bonds is 3. The van der Waals surface area contributed by atoms with Gasteiger partial charge in [-0.25, -0.2) is 10.2 Å². The zero-order valence-corrected chi connectivity index (χ0v) is 11.5. The minimum atomic E-state index is -1.27. The number of hydrogen-bond acceptors (Lipinski definition) is 6. The van der Waals surface area contributed by atoms with Crippen LogP contribution < -0.4 is 11.3 Å². The number of esters is 1. The number of hydrogen-bond donors (Lipinski definition) is 2. The molecule has 1 heterocycles. The van der Waals surface area contributed by atoms with Crippen molar-refractivity contribution in [3.05, 3.63) is 0 Å². The van der Waals surface area contributed by atoms with E-state index < -0.39 is 29.6 Å². The topological polar surface area (TPSA) is 108 Å². The summed E-state index contributed by atoms with van der Waals surface area (Å²) in [7, 11) is 0. The Bertz CT molecular complexity index is 397. The van der Waals surface area contributed by atoms with Gasteiger partial charge in [-0.05, 0) is 33.6 Å². The maximum Gasteiger partial charge on any atom is 0.334 e. The fourth-order valence-electron chi connectivity index (χ4n) is 1.93. The van der Waals surface area contributed by atoms with Crippen molar-refractivity contribution >= 4 is 11.9 Å². The summed E-state index contributed by atoms with van der Waals surface area (Å²) in [5.74, 6) is 4.02. The number of nitrogens with two attached hydrogens (primary N) is 1. The summed E-state index contributed by atoms with van der Waals surface area (Å²) in [5.41, 5.74) is 1.47. The second kappa shape index (κ2) is 5.99. The summed E-state index contributed by atoms with van der Waals surface area (Å²) in [6.07, 6.45) is 1.36. The Hall–Kier alpha value is -1.65. The fourth-order valence-corrected chi connectivity index (χ4v) is 1.93. The van der Waals surface area contributed by atoms with E-state index in [-0.39, 0.29) is 0 Å². The van der Waals surface area contributed by atoms with Crippen LogP contribution in [0.15, 0.2) is 0 Å². The molecule has 1 aliphatic heterocycles. The molecule has 7 heteroatoms. The molecule has 3 N–H and O–H groups in total. The van der Waals surface area contributed by atoms with Gasteiger partial charge in [0.2, 0.25) is 0 Å². The SMILES string of the molecule is CC(C)(C)OC(=O)C(NN)C(=O)N1CCCC1C#N. The van der Waals surface area contributed by atoms with Crippen molar-refractivity contribution in [1.29, 1.82) is 5.26 Å². The fraction of sp³-hybridized carbons (Fsp3) is 0.750. The van der Waals surface area contributed by atoms with Gasteiger partial charge in [0, 0.05) is 6.54 Å². The molecule has 1 fully saturated rings. The van der Waals surface area contributed by atoms with Crippen molar-refractivity contribution in [3.63, 3.8) is 0 Å². The van der Waals surface area contributed by atoms with Gasteiger partial charge in [0.1, 0.15) is 11.6 Å². The Morgan fingerprint density at radius 1 is 1.53 bits per heavy atom. The molecule has 7 nitrogen and oxygen atoms in total. The van der Waals surface area contributed by atoms with Crippen LogP contribution in [-0.2, 0) is 14.3 Å². The maximum atomic E-state index is 12.2. The third-order valence-corrected chi connectivity index (χ3v) is 2.74. The van der Waals surface area contributed by atoms with Crippen LogP contribution in [0.3, 0.4) is 0 Å². The molecule has 0 aromatic carbocycles. The molecule has 1 saturated heterocycles. The van der Waals surface area contributed by atoms with E-state index in [2.05, 4.69) is 5.43 Å². The molecule has 1 aliphatic rings. The number of nitrogens with zero attached hydrogens (tertiary/aromatic N) is 2. The molecule has 1 rings (SSSR count). The Morgan fingerprint density at radius 2 is 2.16 bits per heavy atom. The van der Waals surface area contributed by atoms with Crippen LogP contribution in [0.5, 0.6) is 0 Å². The molecular weight excluding hydrogens is 248 g/mol. The lowest BCUT2D eigenvalue weighted by Crippen LogP contribution is -2.55. The van der Waals surface area contributed by atoms with Gasteiger partial charge >= 0.3 is 5.97 Å². The van der Waals surface area contributed by atoms with Crippen LogP contribution in [-0.4, -0.2) is 41.0 Å². The third-order valence-electron chi connectivity index (χ3n) is 2.74. The lowest BCUT2D eigenvalue weighted by molar-refractivity contribution is -0.161. The first-order chi connectivity index (χ1) is 8.80. The van der Waals surface area contributed by atoms with E-state index >= 15 is 0 Å². The normalized spacial score (nSPS) is 20.8. The summed E-state index contributed by atoms with van der Waals surface area (Å²) in [5, 5.41) is 8.95. The summed E-state index contributed by atoms with van der Waals surface area (Å²) >= 11 is 0. The van der Waals surface area contributed by atoms with Gasteiger partial charge in [-0.15, -0.1) is 0 Å². The van der Waals surface area contributed by atoms with E-state index in [4.69, 9.17) is 15.8 Å². The van der Waals surface area contributed by atoms with E-state index in [1.54, 1.807) is 20.8 Å². The maximum absolute atomic E-state index is 12.2. The highest BCUT2D eigenvalue weighted by Crippen LogP contribution is 2.18. The molecule has 2 atom stereocenters. The quantitative estimate of drug-likeness (QED) is 0.314. The number of hydrazine groups is 1. The summed E-state index contributed by atoms with van der Waals surface area (Å²) in [6.45, 7) is 5.57. The standard InChI is InChI=1S/C12H20N4O3/c1-12(2,3)19-11(18)9(15-14)10(17)16-6-4-5-8(16)7-13/h8-9,15H,4-6,14H2,1-3H3. The number of carbonyl (C=O) groups excluding carboxylic acids is 2. The first kappa shape index (κ1) is 15.4. The van der Waals surface area contributed by atoms with Crippen LogP contribution in [0.25, 0.3) is 0 Å². The zero-order chi connectivity index (χ0) is 14.6. The van der Waals surface area contributed by atoms with Gasteiger partial charge in [0.15, 0.2) is 6.04 Å². The molecule has 0 aliphatic carbocycles. The largest absolute Gasteiger partial charge is 0.458 e. The molecular formula is C12H20N4O3. The van der Waals surface area contributed by atoms with Crippen molar-refractivity contribution in [2.45, 2.75) is 51.3 Å². The van der Waals surface area contributed by atoms with Gasteiger partial charge in [-0.2, -0.15) is 5.26 Å². The van der Waals surface area contributed by atoms with Crippen LogP contribution >= 0.6 is 0 Å². The van der Waals surface area contributed by atoms with Crippen molar-refractivity contribution in [1.82, 2.24) is 10.3 Å². The molecule has 0 aromatic heterocycles. The lowest BCUT2D eigenvalue weighted by atomic mass is 10.1. The van der Waals surface area contributed by atoms with Crippen molar-refractivity contribution in [2.24, 2.45) is 5.84 Å². The summed E-state index contributed by atoms with van der Waals surface area (Å²) in [4.78, 5) is 25.5. The highest BCUT2D eigenvalue weighted by atomic mass is 16.6. The minimum absolute atomic E-state index is 0.456. The Balaban J connectivity index is 2.77. The molecule has 0 saturated carbocycles. The number of nitrogens with one attached hydrogen (secondary N) is 1. The number of carbonyl (C=O) groups is 2. The summed E-state index contributed by atoms with van der Waals surface area (Å²) in [6, 6.07) is 0.281. The second-order valence-electron chi connectivity index (χ2n) is 5.45. The molecule has 0 spiro atoms. The van der Waals surface area contributed by atoms with E-state index in [9.17, 15) is 9.59 Å². The van der Waals surface area contributed by atoms with Gasteiger partial charge in [0.25, 0.3) is 5.91 Å². The van der Waals surface area contributed by atoms with Crippen LogP contribution in [0.1, 0.15) is 33.6 Å². The van der Waals surface area contributed by atoms with Gasteiger partial charge in [-0.1, -0.05) is 0 Å². The second-order valence-corrected chi connectivity index (χ2v) is 5.45. The zero-order valence-electron chi connectivity index (χ0n) is 11.5. The number of nitriles is 1. The Kier molecular flexibility index (Phi) is 4.86. The monoisotopic (exact) mass is 268 g/mol. The molecule has 0 bridgehead atoms. The minimum Gasteiger partial charge on any atom is -0.458 e. The first-order valence-corrected chi connectivity index (χ1v) is 6.19.